The van der Waals surface area contributed by atoms with E-state index in [1.165, 1.54) is 0 Å². The third-order valence-electron chi connectivity index (χ3n) is 3.93. The van der Waals surface area contributed by atoms with Crippen LogP contribution in [0.1, 0.15) is 39.5 Å². The normalized spacial score (nSPS) is 22.2. The first-order chi connectivity index (χ1) is 9.08. The SMILES string of the molecule is CCC1(CC)CC(Nc2ncc(Br)cc2Br)CCO1. The van der Waals surface area contributed by atoms with E-state index in [1.807, 2.05) is 12.3 Å². The maximum Gasteiger partial charge on any atom is 0.140 e. The number of nitrogens with one attached hydrogen (secondary N) is 1. The standard InChI is InChI=1S/C14H20Br2N2O/c1-3-14(4-2)8-11(5-6-19-14)18-13-12(16)7-10(15)9-17-13/h7,9,11H,3-6,8H2,1-2H3,(H,17,18). The fourth-order valence-corrected chi connectivity index (χ4v) is 3.71. The van der Waals surface area contributed by atoms with Crippen molar-refractivity contribution in [1.82, 2.24) is 4.98 Å². The zero-order valence-electron chi connectivity index (χ0n) is 11.4. The van der Waals surface area contributed by atoms with Crippen LogP contribution in [-0.2, 0) is 4.74 Å². The molecule has 5 heteroatoms. The van der Waals surface area contributed by atoms with E-state index in [-0.39, 0.29) is 5.60 Å². The molecule has 1 N–H and O–H groups in total. The van der Waals surface area contributed by atoms with Gasteiger partial charge in [-0.25, -0.2) is 4.98 Å². The zero-order chi connectivity index (χ0) is 13.9. The predicted molar refractivity (Wildman–Crippen MR) is 85.5 cm³/mol. The average Bonchev–Trinajstić information content (AvgIpc) is 2.42. The second-order valence-corrected chi connectivity index (χ2v) is 6.83. The molecule has 1 unspecified atom stereocenters. The number of pyridine rings is 1. The maximum absolute atomic E-state index is 6.00. The van der Waals surface area contributed by atoms with Crippen LogP contribution in [0.25, 0.3) is 0 Å². The first-order valence-corrected chi connectivity index (χ1v) is 8.38. The summed E-state index contributed by atoms with van der Waals surface area (Å²) in [6.45, 7) is 5.24. The van der Waals surface area contributed by atoms with Gasteiger partial charge in [-0.1, -0.05) is 13.8 Å². The Kier molecular flexibility index (Phi) is 5.26. The summed E-state index contributed by atoms with van der Waals surface area (Å²) in [5.41, 5.74) is 0.0394. The molecule has 0 aromatic carbocycles. The van der Waals surface area contributed by atoms with Crippen LogP contribution in [0, 0.1) is 0 Å². The highest BCUT2D eigenvalue weighted by Gasteiger charge is 2.34. The molecule has 1 atom stereocenters. The Bertz CT molecular complexity index is 435. The van der Waals surface area contributed by atoms with E-state index in [0.29, 0.717) is 6.04 Å². The Hall–Kier alpha value is -0.130. The summed E-state index contributed by atoms with van der Waals surface area (Å²) < 4.78 is 7.97. The van der Waals surface area contributed by atoms with Crippen LogP contribution in [0.4, 0.5) is 5.82 Å². The van der Waals surface area contributed by atoms with Gasteiger partial charge in [-0.05, 0) is 63.6 Å². The Morgan fingerprint density at radius 2 is 2.16 bits per heavy atom. The minimum Gasteiger partial charge on any atom is -0.375 e. The molecule has 1 aromatic heterocycles. The Morgan fingerprint density at radius 3 is 2.79 bits per heavy atom. The molecule has 0 amide bonds. The smallest absolute Gasteiger partial charge is 0.140 e. The molecule has 0 bridgehead atoms. The van der Waals surface area contributed by atoms with Gasteiger partial charge in [-0.2, -0.15) is 0 Å². The number of rotatable bonds is 4. The highest BCUT2D eigenvalue weighted by atomic mass is 79.9. The van der Waals surface area contributed by atoms with Gasteiger partial charge in [0.05, 0.1) is 10.1 Å². The molecule has 3 nitrogen and oxygen atoms in total. The predicted octanol–water partition coefficient (Wildman–Crippen LogP) is 4.76. The largest absolute Gasteiger partial charge is 0.375 e. The number of anilines is 1. The number of hydrogen-bond donors (Lipinski definition) is 1. The van der Waals surface area contributed by atoms with E-state index < -0.39 is 0 Å². The van der Waals surface area contributed by atoms with Gasteiger partial charge >= 0.3 is 0 Å². The van der Waals surface area contributed by atoms with E-state index in [1.54, 1.807) is 0 Å². The molecule has 0 saturated carbocycles. The lowest BCUT2D eigenvalue weighted by atomic mass is 9.86. The lowest BCUT2D eigenvalue weighted by molar-refractivity contribution is -0.0864. The molecule has 1 aliphatic heterocycles. The number of ether oxygens (including phenoxy) is 1. The summed E-state index contributed by atoms with van der Waals surface area (Å²) in [5.74, 6) is 0.913. The number of halogens is 2. The molecule has 1 fully saturated rings. The summed E-state index contributed by atoms with van der Waals surface area (Å²) in [6.07, 6.45) is 6.03. The Balaban J connectivity index is 2.06. The van der Waals surface area contributed by atoms with Crippen molar-refractivity contribution in [2.24, 2.45) is 0 Å². The lowest BCUT2D eigenvalue weighted by Gasteiger charge is -2.40. The Morgan fingerprint density at radius 1 is 1.42 bits per heavy atom. The zero-order valence-corrected chi connectivity index (χ0v) is 14.6. The van der Waals surface area contributed by atoms with E-state index in [0.717, 1.165) is 47.1 Å². The lowest BCUT2D eigenvalue weighted by Crippen LogP contribution is -2.43. The van der Waals surface area contributed by atoms with Crippen LogP contribution in [0.3, 0.4) is 0 Å². The summed E-state index contributed by atoms with van der Waals surface area (Å²) in [5, 5.41) is 3.54. The minimum absolute atomic E-state index is 0.0394. The Labute approximate surface area is 131 Å². The second kappa shape index (κ2) is 6.55. The van der Waals surface area contributed by atoms with Crippen molar-refractivity contribution < 1.29 is 4.74 Å². The third-order valence-corrected chi connectivity index (χ3v) is 4.97. The number of aromatic nitrogens is 1. The van der Waals surface area contributed by atoms with Gasteiger partial charge in [-0.3, -0.25) is 0 Å². The van der Waals surface area contributed by atoms with Gasteiger partial charge in [0.2, 0.25) is 0 Å². The summed E-state index contributed by atoms with van der Waals surface area (Å²) >= 11 is 6.97. The number of hydrogen-bond acceptors (Lipinski definition) is 3. The van der Waals surface area contributed by atoms with E-state index in [9.17, 15) is 0 Å². The molecule has 0 radical (unpaired) electrons. The van der Waals surface area contributed by atoms with Crippen LogP contribution in [-0.4, -0.2) is 23.2 Å². The summed E-state index contributed by atoms with van der Waals surface area (Å²) in [4.78, 5) is 4.43. The fraction of sp³-hybridized carbons (Fsp3) is 0.643. The van der Waals surface area contributed by atoms with Crippen molar-refractivity contribution in [3.63, 3.8) is 0 Å². The van der Waals surface area contributed by atoms with Crippen LogP contribution in [0.15, 0.2) is 21.2 Å². The quantitative estimate of drug-likeness (QED) is 0.803. The van der Waals surface area contributed by atoms with Crippen molar-refractivity contribution in [2.75, 3.05) is 11.9 Å². The molecule has 19 heavy (non-hydrogen) atoms. The highest BCUT2D eigenvalue weighted by Crippen LogP contribution is 2.33. The van der Waals surface area contributed by atoms with E-state index >= 15 is 0 Å². The second-order valence-electron chi connectivity index (χ2n) is 5.06. The third kappa shape index (κ3) is 3.70. The molecule has 0 aliphatic carbocycles. The van der Waals surface area contributed by atoms with Gasteiger partial charge in [0, 0.05) is 23.3 Å². The van der Waals surface area contributed by atoms with E-state index in [4.69, 9.17) is 4.74 Å². The molecule has 0 spiro atoms. The first-order valence-electron chi connectivity index (χ1n) is 6.80. The van der Waals surface area contributed by atoms with Gasteiger partial charge < -0.3 is 10.1 Å². The van der Waals surface area contributed by atoms with Crippen molar-refractivity contribution >= 4 is 37.7 Å². The van der Waals surface area contributed by atoms with Crippen molar-refractivity contribution in [2.45, 2.75) is 51.2 Å². The van der Waals surface area contributed by atoms with Crippen molar-refractivity contribution in [3.8, 4) is 0 Å². The van der Waals surface area contributed by atoms with Gasteiger partial charge in [-0.15, -0.1) is 0 Å². The van der Waals surface area contributed by atoms with Crippen LogP contribution >= 0.6 is 31.9 Å². The molecule has 1 saturated heterocycles. The van der Waals surface area contributed by atoms with Crippen molar-refractivity contribution in [3.05, 3.63) is 21.2 Å². The van der Waals surface area contributed by atoms with Crippen LogP contribution in [0.5, 0.6) is 0 Å². The fourth-order valence-electron chi connectivity index (χ4n) is 2.61. The summed E-state index contributed by atoms with van der Waals surface area (Å²) in [7, 11) is 0. The molecule has 106 valence electrons. The van der Waals surface area contributed by atoms with Gasteiger partial charge in [0.15, 0.2) is 0 Å². The van der Waals surface area contributed by atoms with Gasteiger partial charge in [0.25, 0.3) is 0 Å². The first kappa shape index (κ1) is 15.3. The molecule has 2 rings (SSSR count). The molecule has 2 heterocycles. The highest BCUT2D eigenvalue weighted by molar-refractivity contribution is 9.11. The minimum atomic E-state index is 0.0394. The molecule has 1 aliphatic rings. The molecular weight excluding hydrogens is 372 g/mol. The van der Waals surface area contributed by atoms with Gasteiger partial charge in [0.1, 0.15) is 5.82 Å². The van der Waals surface area contributed by atoms with Crippen LogP contribution in [0.2, 0.25) is 0 Å². The summed E-state index contributed by atoms with van der Waals surface area (Å²) in [6, 6.07) is 2.44. The molecular formula is C14H20Br2N2O. The number of nitrogens with zero attached hydrogens (tertiary/aromatic N) is 1. The monoisotopic (exact) mass is 390 g/mol. The van der Waals surface area contributed by atoms with Crippen LogP contribution < -0.4 is 5.32 Å². The van der Waals surface area contributed by atoms with Crippen molar-refractivity contribution in [1.29, 1.82) is 0 Å². The topological polar surface area (TPSA) is 34.2 Å². The maximum atomic E-state index is 6.00. The molecule has 1 aromatic rings. The van der Waals surface area contributed by atoms with E-state index in [2.05, 4.69) is 56.0 Å². The average molecular weight is 392 g/mol.